The van der Waals surface area contributed by atoms with Crippen LogP contribution < -0.4 is 5.32 Å². The van der Waals surface area contributed by atoms with E-state index in [2.05, 4.69) is 25.7 Å². The molecular weight excluding hydrogens is 304 g/mol. The van der Waals surface area contributed by atoms with Crippen molar-refractivity contribution in [3.63, 3.8) is 0 Å². The molecule has 0 aliphatic heterocycles. The first-order chi connectivity index (χ1) is 11.7. The van der Waals surface area contributed by atoms with Crippen LogP contribution in [-0.2, 0) is 12.8 Å². The van der Waals surface area contributed by atoms with Gasteiger partial charge in [0, 0.05) is 17.5 Å². The lowest BCUT2D eigenvalue weighted by Crippen LogP contribution is -2.29. The second-order valence-corrected chi connectivity index (χ2v) is 6.27. The second-order valence-electron chi connectivity index (χ2n) is 6.27. The summed E-state index contributed by atoms with van der Waals surface area (Å²) in [4.78, 5) is 12.7. The predicted octanol–water partition coefficient (Wildman–Crippen LogP) is 2.21. The molecule has 24 heavy (non-hydrogen) atoms. The van der Waals surface area contributed by atoms with Gasteiger partial charge in [-0.2, -0.15) is 5.10 Å². The van der Waals surface area contributed by atoms with Crippen molar-refractivity contribution in [3.8, 4) is 0 Å². The summed E-state index contributed by atoms with van der Waals surface area (Å²) in [5, 5.41) is 18.6. The van der Waals surface area contributed by atoms with Gasteiger partial charge in [0.1, 0.15) is 0 Å². The summed E-state index contributed by atoms with van der Waals surface area (Å²) < 4.78 is 1.88. The van der Waals surface area contributed by atoms with Gasteiger partial charge in [-0.05, 0) is 44.7 Å². The van der Waals surface area contributed by atoms with E-state index in [4.69, 9.17) is 0 Å². The first kappa shape index (κ1) is 14.9. The van der Waals surface area contributed by atoms with Crippen LogP contribution in [0.4, 0.5) is 0 Å². The number of aromatic amines is 1. The monoisotopic (exact) mass is 324 g/mol. The molecule has 3 aromatic heterocycles. The molecule has 0 saturated heterocycles. The maximum atomic E-state index is 12.7. The topological polar surface area (TPSA) is 88.0 Å². The fraction of sp³-hybridized carbons (Fsp3) is 0.412. The molecule has 3 heterocycles. The maximum absolute atomic E-state index is 12.7. The molecule has 0 spiro atoms. The van der Waals surface area contributed by atoms with Crippen molar-refractivity contribution < 1.29 is 4.79 Å². The van der Waals surface area contributed by atoms with E-state index in [0.29, 0.717) is 11.5 Å². The van der Waals surface area contributed by atoms with E-state index in [0.717, 1.165) is 42.6 Å². The SMILES string of the molecule is C[C@H](NC(=O)c1n[nH]c2c1CCCCC2)c1nnc2ccccn12. The van der Waals surface area contributed by atoms with E-state index in [1.54, 1.807) is 0 Å². The molecule has 0 bridgehead atoms. The summed E-state index contributed by atoms with van der Waals surface area (Å²) in [5.41, 5.74) is 3.47. The Balaban J connectivity index is 1.57. The number of nitrogens with zero attached hydrogens (tertiary/aromatic N) is 4. The van der Waals surface area contributed by atoms with Crippen LogP contribution in [0.25, 0.3) is 5.65 Å². The Morgan fingerprint density at radius 1 is 1.25 bits per heavy atom. The molecule has 1 atom stereocenters. The van der Waals surface area contributed by atoms with E-state index in [1.165, 1.54) is 6.42 Å². The van der Waals surface area contributed by atoms with Gasteiger partial charge in [0.15, 0.2) is 17.2 Å². The smallest absolute Gasteiger partial charge is 0.272 e. The molecule has 0 aromatic carbocycles. The van der Waals surface area contributed by atoms with Crippen molar-refractivity contribution in [1.29, 1.82) is 0 Å². The zero-order valence-electron chi connectivity index (χ0n) is 13.6. The zero-order valence-corrected chi connectivity index (χ0v) is 13.6. The molecule has 0 fully saturated rings. The normalized spacial score (nSPS) is 15.7. The van der Waals surface area contributed by atoms with Gasteiger partial charge in [-0.3, -0.25) is 14.3 Å². The first-order valence-corrected chi connectivity index (χ1v) is 8.40. The summed E-state index contributed by atoms with van der Waals surface area (Å²) in [6.07, 6.45) is 7.24. The van der Waals surface area contributed by atoms with Crippen molar-refractivity contribution in [2.75, 3.05) is 0 Å². The minimum absolute atomic E-state index is 0.158. The molecule has 4 rings (SSSR count). The van der Waals surface area contributed by atoms with E-state index in [9.17, 15) is 4.79 Å². The van der Waals surface area contributed by atoms with Crippen LogP contribution >= 0.6 is 0 Å². The summed E-state index contributed by atoms with van der Waals surface area (Å²) in [5.74, 6) is 0.551. The van der Waals surface area contributed by atoms with E-state index >= 15 is 0 Å². The number of pyridine rings is 1. The quantitative estimate of drug-likeness (QED) is 0.723. The van der Waals surface area contributed by atoms with Gasteiger partial charge in [-0.15, -0.1) is 10.2 Å². The van der Waals surface area contributed by atoms with Crippen LogP contribution in [0.2, 0.25) is 0 Å². The van der Waals surface area contributed by atoms with Crippen molar-refractivity contribution in [3.05, 3.63) is 47.2 Å². The van der Waals surface area contributed by atoms with Gasteiger partial charge in [0.25, 0.3) is 5.91 Å². The third-order valence-corrected chi connectivity index (χ3v) is 4.60. The van der Waals surface area contributed by atoms with Gasteiger partial charge in [-0.1, -0.05) is 12.5 Å². The minimum Gasteiger partial charge on any atom is -0.341 e. The van der Waals surface area contributed by atoms with Crippen molar-refractivity contribution >= 4 is 11.6 Å². The maximum Gasteiger partial charge on any atom is 0.272 e. The lowest BCUT2D eigenvalue weighted by Gasteiger charge is -2.12. The third kappa shape index (κ3) is 2.55. The molecule has 124 valence electrons. The number of nitrogens with one attached hydrogen (secondary N) is 2. The minimum atomic E-state index is -0.256. The lowest BCUT2D eigenvalue weighted by molar-refractivity contribution is 0.0932. The highest BCUT2D eigenvalue weighted by Crippen LogP contribution is 2.22. The molecule has 1 amide bonds. The molecule has 1 aliphatic carbocycles. The van der Waals surface area contributed by atoms with Crippen molar-refractivity contribution in [2.24, 2.45) is 0 Å². The Bertz CT molecular complexity index is 880. The van der Waals surface area contributed by atoms with Crippen LogP contribution in [0, 0.1) is 0 Å². The van der Waals surface area contributed by atoms with Crippen molar-refractivity contribution in [1.82, 2.24) is 30.1 Å². The standard InChI is InChI=1S/C17H20N6O/c1-11(16-22-20-14-9-5-6-10-23(14)16)18-17(24)15-12-7-3-2-4-8-13(12)19-21-15/h5-6,9-11H,2-4,7-8H2,1H3,(H,18,24)(H,19,21)/t11-/m0/s1. The largest absolute Gasteiger partial charge is 0.341 e. The number of aryl methyl sites for hydroxylation is 1. The number of H-pyrrole nitrogens is 1. The number of aromatic nitrogens is 5. The van der Waals surface area contributed by atoms with E-state index in [1.807, 2.05) is 35.7 Å². The van der Waals surface area contributed by atoms with Crippen LogP contribution in [0.5, 0.6) is 0 Å². The molecule has 1 aliphatic rings. The van der Waals surface area contributed by atoms with Gasteiger partial charge >= 0.3 is 0 Å². The van der Waals surface area contributed by atoms with Crippen LogP contribution in [0.3, 0.4) is 0 Å². The Hall–Kier alpha value is -2.70. The number of fused-ring (bicyclic) bond motifs is 2. The molecule has 0 unspecified atom stereocenters. The average Bonchev–Trinajstić information content (AvgIpc) is 3.13. The fourth-order valence-electron chi connectivity index (χ4n) is 3.33. The molecule has 3 aromatic rings. The Kier molecular flexibility index (Phi) is 3.76. The highest BCUT2D eigenvalue weighted by molar-refractivity contribution is 5.94. The van der Waals surface area contributed by atoms with Gasteiger partial charge in [-0.25, -0.2) is 0 Å². The van der Waals surface area contributed by atoms with E-state index in [-0.39, 0.29) is 11.9 Å². The zero-order chi connectivity index (χ0) is 16.5. The number of carbonyl (C=O) groups excluding carboxylic acids is 1. The summed E-state index contributed by atoms with van der Waals surface area (Å²) in [6, 6.07) is 5.46. The Morgan fingerprint density at radius 2 is 2.12 bits per heavy atom. The highest BCUT2D eigenvalue weighted by atomic mass is 16.2. The first-order valence-electron chi connectivity index (χ1n) is 8.40. The molecule has 7 heteroatoms. The van der Waals surface area contributed by atoms with Crippen LogP contribution in [0.15, 0.2) is 24.4 Å². The number of amides is 1. The lowest BCUT2D eigenvalue weighted by atomic mass is 10.1. The van der Waals surface area contributed by atoms with Crippen molar-refractivity contribution in [2.45, 2.75) is 45.1 Å². The van der Waals surface area contributed by atoms with Crippen LogP contribution in [0.1, 0.15) is 59.8 Å². The molecule has 0 saturated carbocycles. The number of hydrogen-bond acceptors (Lipinski definition) is 4. The van der Waals surface area contributed by atoms with Crippen LogP contribution in [-0.4, -0.2) is 30.7 Å². The number of carbonyl (C=O) groups is 1. The van der Waals surface area contributed by atoms with Gasteiger partial charge in [0.2, 0.25) is 0 Å². The Labute approximate surface area is 139 Å². The fourth-order valence-corrected chi connectivity index (χ4v) is 3.33. The summed E-state index contributed by atoms with van der Waals surface area (Å²) in [6.45, 7) is 1.91. The van der Waals surface area contributed by atoms with Gasteiger partial charge in [0.05, 0.1) is 6.04 Å². The molecule has 2 N–H and O–H groups in total. The second kappa shape index (κ2) is 6.07. The molecular formula is C17H20N6O. The number of hydrogen-bond donors (Lipinski definition) is 2. The van der Waals surface area contributed by atoms with E-state index < -0.39 is 0 Å². The van der Waals surface area contributed by atoms with Gasteiger partial charge < -0.3 is 5.32 Å². The third-order valence-electron chi connectivity index (χ3n) is 4.60. The summed E-state index contributed by atoms with van der Waals surface area (Å²) >= 11 is 0. The number of rotatable bonds is 3. The highest BCUT2D eigenvalue weighted by Gasteiger charge is 2.23. The molecule has 0 radical (unpaired) electrons. The summed E-state index contributed by atoms with van der Waals surface area (Å²) in [7, 11) is 0. The molecule has 7 nitrogen and oxygen atoms in total. The Morgan fingerprint density at radius 3 is 3.04 bits per heavy atom. The average molecular weight is 324 g/mol. The predicted molar refractivity (Wildman–Crippen MR) is 88.7 cm³/mol.